The number of ether oxygens (including phenoxy) is 1. The third kappa shape index (κ3) is 2.71. The monoisotopic (exact) mass is 247 g/mol. The maximum Gasteiger partial charge on any atom is 0.138 e. The quantitative estimate of drug-likeness (QED) is 0.837. The van der Waals surface area contributed by atoms with Crippen molar-refractivity contribution >= 4 is 17.3 Å². The molecule has 0 bridgehead atoms. The van der Waals surface area contributed by atoms with E-state index >= 15 is 0 Å². The average Bonchev–Trinajstić information content (AvgIpc) is 2.33. The number of para-hydroxylation sites is 1. The molecule has 2 rings (SSSR count). The van der Waals surface area contributed by atoms with Gasteiger partial charge in [-0.2, -0.15) is 0 Å². The molecule has 0 amide bonds. The molecule has 0 aliphatic carbocycles. The summed E-state index contributed by atoms with van der Waals surface area (Å²) in [5, 5.41) is 0.619. The van der Waals surface area contributed by atoms with E-state index in [1.807, 2.05) is 49.4 Å². The Morgan fingerprint density at radius 2 is 1.88 bits per heavy atom. The van der Waals surface area contributed by atoms with Gasteiger partial charge in [0.15, 0.2) is 0 Å². The zero-order chi connectivity index (χ0) is 12.3. The van der Waals surface area contributed by atoms with Crippen LogP contribution < -0.4 is 10.5 Å². The minimum absolute atomic E-state index is 0.473. The van der Waals surface area contributed by atoms with Gasteiger partial charge >= 0.3 is 0 Å². The molecule has 88 valence electrons. The SMILES string of the molecule is Cc1c(N)cccc1COc1ccccc1Cl. The number of halogens is 1. The van der Waals surface area contributed by atoms with Gasteiger partial charge in [0, 0.05) is 5.69 Å². The predicted molar refractivity (Wildman–Crippen MR) is 71.4 cm³/mol. The number of hydrogen-bond acceptors (Lipinski definition) is 2. The largest absolute Gasteiger partial charge is 0.487 e. The Hall–Kier alpha value is -1.67. The number of benzene rings is 2. The Balaban J connectivity index is 2.13. The second-order valence-corrected chi connectivity index (χ2v) is 4.26. The lowest BCUT2D eigenvalue weighted by Crippen LogP contribution is -2.00. The smallest absolute Gasteiger partial charge is 0.138 e. The van der Waals surface area contributed by atoms with Crippen LogP contribution in [0.25, 0.3) is 0 Å². The van der Waals surface area contributed by atoms with E-state index in [2.05, 4.69) is 0 Å². The Bertz CT molecular complexity index is 525. The summed E-state index contributed by atoms with van der Waals surface area (Å²) in [5.74, 6) is 0.691. The van der Waals surface area contributed by atoms with Crippen LogP contribution in [0.15, 0.2) is 42.5 Å². The van der Waals surface area contributed by atoms with Gasteiger partial charge in [0.1, 0.15) is 12.4 Å². The lowest BCUT2D eigenvalue weighted by Gasteiger charge is -2.11. The van der Waals surface area contributed by atoms with Crippen molar-refractivity contribution in [1.82, 2.24) is 0 Å². The van der Waals surface area contributed by atoms with Crippen LogP contribution in [-0.4, -0.2) is 0 Å². The summed E-state index contributed by atoms with van der Waals surface area (Å²) in [6.45, 7) is 2.46. The second-order valence-electron chi connectivity index (χ2n) is 3.85. The lowest BCUT2D eigenvalue weighted by molar-refractivity contribution is 0.305. The van der Waals surface area contributed by atoms with Gasteiger partial charge in [-0.1, -0.05) is 35.9 Å². The fourth-order valence-electron chi connectivity index (χ4n) is 1.58. The normalized spacial score (nSPS) is 10.2. The van der Waals surface area contributed by atoms with Crippen molar-refractivity contribution in [3.63, 3.8) is 0 Å². The van der Waals surface area contributed by atoms with E-state index in [4.69, 9.17) is 22.1 Å². The highest BCUT2D eigenvalue weighted by atomic mass is 35.5. The van der Waals surface area contributed by atoms with E-state index in [1.165, 1.54) is 0 Å². The molecule has 2 aromatic rings. The van der Waals surface area contributed by atoms with Gasteiger partial charge in [-0.25, -0.2) is 0 Å². The number of hydrogen-bond donors (Lipinski definition) is 1. The van der Waals surface area contributed by atoms with E-state index in [-0.39, 0.29) is 0 Å². The molecule has 0 radical (unpaired) electrons. The van der Waals surface area contributed by atoms with Crippen molar-refractivity contribution in [3.05, 3.63) is 58.6 Å². The molecule has 3 heteroatoms. The Morgan fingerprint density at radius 3 is 2.65 bits per heavy atom. The summed E-state index contributed by atoms with van der Waals surface area (Å²) < 4.78 is 5.67. The average molecular weight is 248 g/mol. The number of anilines is 1. The third-order valence-electron chi connectivity index (χ3n) is 2.71. The molecule has 0 saturated carbocycles. The van der Waals surface area contributed by atoms with E-state index in [0.29, 0.717) is 17.4 Å². The molecular weight excluding hydrogens is 234 g/mol. The molecule has 0 aromatic heterocycles. The first-order valence-corrected chi connectivity index (χ1v) is 5.77. The summed E-state index contributed by atoms with van der Waals surface area (Å²) in [6, 6.07) is 13.2. The van der Waals surface area contributed by atoms with Gasteiger partial charge in [0.25, 0.3) is 0 Å². The van der Waals surface area contributed by atoms with Crippen LogP contribution in [0.5, 0.6) is 5.75 Å². The van der Waals surface area contributed by atoms with Crippen molar-refractivity contribution in [2.75, 3.05) is 5.73 Å². The number of nitrogen functional groups attached to an aromatic ring is 1. The van der Waals surface area contributed by atoms with Gasteiger partial charge in [-0.3, -0.25) is 0 Å². The van der Waals surface area contributed by atoms with Crippen LogP contribution in [-0.2, 0) is 6.61 Å². The second kappa shape index (κ2) is 5.11. The van der Waals surface area contributed by atoms with Crippen molar-refractivity contribution in [3.8, 4) is 5.75 Å². The minimum atomic E-state index is 0.473. The van der Waals surface area contributed by atoms with Crippen molar-refractivity contribution < 1.29 is 4.74 Å². The highest BCUT2D eigenvalue weighted by molar-refractivity contribution is 6.32. The maximum absolute atomic E-state index is 6.01. The van der Waals surface area contributed by atoms with Gasteiger partial charge < -0.3 is 10.5 Å². The maximum atomic E-state index is 6.01. The summed E-state index contributed by atoms with van der Waals surface area (Å²) in [5.41, 5.74) is 8.75. The van der Waals surface area contributed by atoms with Crippen LogP contribution in [0.1, 0.15) is 11.1 Å². The van der Waals surface area contributed by atoms with Crippen molar-refractivity contribution in [1.29, 1.82) is 0 Å². The number of rotatable bonds is 3. The van der Waals surface area contributed by atoms with Gasteiger partial charge in [-0.05, 0) is 36.2 Å². The molecule has 17 heavy (non-hydrogen) atoms. The summed E-state index contributed by atoms with van der Waals surface area (Å²) in [4.78, 5) is 0. The Kier molecular flexibility index (Phi) is 3.55. The van der Waals surface area contributed by atoms with Crippen LogP contribution in [0, 0.1) is 6.92 Å². The summed E-state index contributed by atoms with van der Waals surface area (Å²) in [6.07, 6.45) is 0. The van der Waals surface area contributed by atoms with Crippen molar-refractivity contribution in [2.45, 2.75) is 13.5 Å². The van der Waals surface area contributed by atoms with Crippen LogP contribution >= 0.6 is 11.6 Å². The van der Waals surface area contributed by atoms with E-state index in [1.54, 1.807) is 0 Å². The standard InChI is InChI=1S/C14H14ClNO/c1-10-11(5-4-7-13(10)16)9-17-14-8-3-2-6-12(14)15/h2-8H,9,16H2,1H3. The molecule has 0 fully saturated rings. The topological polar surface area (TPSA) is 35.2 Å². The Labute approximate surface area is 106 Å². The molecule has 0 heterocycles. The van der Waals surface area contributed by atoms with Crippen molar-refractivity contribution in [2.24, 2.45) is 0 Å². The first kappa shape index (κ1) is 11.8. The third-order valence-corrected chi connectivity index (χ3v) is 3.02. The fourth-order valence-corrected chi connectivity index (χ4v) is 1.77. The van der Waals surface area contributed by atoms with Crippen LogP contribution in [0.2, 0.25) is 5.02 Å². The molecule has 2 nitrogen and oxygen atoms in total. The molecule has 2 aromatic carbocycles. The zero-order valence-electron chi connectivity index (χ0n) is 9.61. The van der Waals surface area contributed by atoms with E-state index in [9.17, 15) is 0 Å². The van der Waals surface area contributed by atoms with E-state index < -0.39 is 0 Å². The molecule has 0 atom stereocenters. The van der Waals surface area contributed by atoms with Gasteiger partial charge in [0.05, 0.1) is 5.02 Å². The zero-order valence-corrected chi connectivity index (χ0v) is 10.4. The first-order chi connectivity index (χ1) is 8.18. The molecule has 2 N–H and O–H groups in total. The number of nitrogens with two attached hydrogens (primary N) is 1. The molecule has 0 aliphatic heterocycles. The van der Waals surface area contributed by atoms with Crippen LogP contribution in [0.4, 0.5) is 5.69 Å². The predicted octanol–water partition coefficient (Wildman–Crippen LogP) is 3.81. The first-order valence-electron chi connectivity index (χ1n) is 5.40. The fraction of sp³-hybridized carbons (Fsp3) is 0.143. The van der Waals surface area contributed by atoms with Gasteiger partial charge in [-0.15, -0.1) is 0 Å². The van der Waals surface area contributed by atoms with Gasteiger partial charge in [0.2, 0.25) is 0 Å². The molecule has 0 aliphatic rings. The summed E-state index contributed by atoms with van der Waals surface area (Å²) in [7, 11) is 0. The van der Waals surface area contributed by atoms with E-state index in [0.717, 1.165) is 16.8 Å². The minimum Gasteiger partial charge on any atom is -0.487 e. The molecule has 0 unspecified atom stereocenters. The Morgan fingerprint density at radius 1 is 1.12 bits per heavy atom. The molecule has 0 spiro atoms. The van der Waals surface area contributed by atoms with Crippen LogP contribution in [0.3, 0.4) is 0 Å². The highest BCUT2D eigenvalue weighted by Crippen LogP contribution is 2.25. The lowest BCUT2D eigenvalue weighted by atomic mass is 10.1. The highest BCUT2D eigenvalue weighted by Gasteiger charge is 2.04. The molecule has 0 saturated heterocycles. The summed E-state index contributed by atoms with van der Waals surface area (Å²) >= 11 is 6.01. The molecular formula is C14H14ClNO.